The van der Waals surface area contributed by atoms with Gasteiger partial charge in [0.2, 0.25) is 0 Å². The van der Waals surface area contributed by atoms with Crippen molar-refractivity contribution in [2.75, 3.05) is 32.8 Å². The molecule has 0 aromatic heterocycles. The van der Waals surface area contributed by atoms with Crippen LogP contribution in [0.3, 0.4) is 0 Å². The molecule has 21 heavy (non-hydrogen) atoms. The Hall–Kier alpha value is -0.900. The van der Waals surface area contributed by atoms with Crippen molar-refractivity contribution in [2.45, 2.75) is 38.3 Å². The molecule has 0 aliphatic carbocycles. The number of likely N-dealkylation sites (tertiary alicyclic amines) is 2. The quantitative estimate of drug-likeness (QED) is 0.687. The van der Waals surface area contributed by atoms with Crippen molar-refractivity contribution < 1.29 is 14.9 Å². The highest BCUT2D eigenvalue weighted by Crippen LogP contribution is 2.08. The minimum atomic E-state index is 0.390. The summed E-state index contributed by atoms with van der Waals surface area (Å²) in [6.07, 6.45) is 5.25. The predicted octanol–water partition coefficient (Wildman–Crippen LogP) is -0.479. The standard InChI is InChI=1S/C18H28N2O/c21-15-17-7-4-10-20(14-17)18-8-11-19(12-9-18)13-16-5-2-1-3-6-16/h1-3,5-6,17-18,21H,4,7-15H2/p+2/t17-/m1/s1. The zero-order chi connectivity index (χ0) is 14.5. The predicted molar refractivity (Wildman–Crippen MR) is 84.4 cm³/mol. The normalized spacial score (nSPS) is 33.8. The van der Waals surface area contributed by atoms with Crippen LogP contribution in [-0.2, 0) is 6.54 Å². The van der Waals surface area contributed by atoms with Crippen molar-refractivity contribution in [3.8, 4) is 0 Å². The fourth-order valence-corrected chi connectivity index (χ4v) is 4.21. The number of aliphatic hydroxyl groups is 1. The average molecular weight is 290 g/mol. The van der Waals surface area contributed by atoms with E-state index >= 15 is 0 Å². The molecule has 116 valence electrons. The van der Waals surface area contributed by atoms with Crippen molar-refractivity contribution in [2.24, 2.45) is 5.92 Å². The minimum Gasteiger partial charge on any atom is -0.396 e. The highest BCUT2D eigenvalue weighted by molar-refractivity contribution is 5.13. The molecule has 3 N–H and O–H groups in total. The van der Waals surface area contributed by atoms with Gasteiger partial charge in [0, 0.05) is 24.3 Å². The highest BCUT2D eigenvalue weighted by atomic mass is 16.3. The lowest BCUT2D eigenvalue weighted by atomic mass is 9.94. The molecule has 1 unspecified atom stereocenters. The number of benzene rings is 1. The maximum absolute atomic E-state index is 9.40. The van der Waals surface area contributed by atoms with Gasteiger partial charge in [0.05, 0.1) is 38.8 Å². The van der Waals surface area contributed by atoms with E-state index in [2.05, 4.69) is 30.3 Å². The SMILES string of the molecule is OC[C@@H]1CCC[NH+](C2CC[NH+](Cc3ccccc3)CC2)C1. The zero-order valence-electron chi connectivity index (χ0n) is 13.1. The Labute approximate surface area is 128 Å². The summed E-state index contributed by atoms with van der Waals surface area (Å²) in [5, 5.41) is 9.40. The highest BCUT2D eigenvalue weighted by Gasteiger charge is 2.33. The Bertz CT molecular complexity index is 414. The van der Waals surface area contributed by atoms with Gasteiger partial charge in [-0.25, -0.2) is 0 Å². The van der Waals surface area contributed by atoms with Crippen molar-refractivity contribution in [3.05, 3.63) is 35.9 Å². The molecule has 3 nitrogen and oxygen atoms in total. The van der Waals surface area contributed by atoms with Crippen LogP contribution in [0.15, 0.2) is 30.3 Å². The van der Waals surface area contributed by atoms with E-state index < -0.39 is 0 Å². The molecule has 2 fully saturated rings. The molecule has 2 atom stereocenters. The van der Waals surface area contributed by atoms with E-state index in [0.29, 0.717) is 12.5 Å². The van der Waals surface area contributed by atoms with Gasteiger partial charge in [-0.1, -0.05) is 30.3 Å². The molecule has 3 rings (SSSR count). The van der Waals surface area contributed by atoms with Gasteiger partial charge in [-0.15, -0.1) is 0 Å². The Morgan fingerprint density at radius 1 is 1.00 bits per heavy atom. The second-order valence-electron chi connectivity index (χ2n) is 6.99. The van der Waals surface area contributed by atoms with E-state index in [0.717, 1.165) is 6.04 Å². The maximum atomic E-state index is 9.40. The molecule has 0 bridgehead atoms. The summed E-state index contributed by atoms with van der Waals surface area (Å²) in [7, 11) is 0. The van der Waals surface area contributed by atoms with Crippen LogP contribution in [0.1, 0.15) is 31.2 Å². The first-order valence-corrected chi connectivity index (χ1v) is 8.68. The molecule has 3 heteroatoms. The van der Waals surface area contributed by atoms with E-state index in [1.54, 1.807) is 9.80 Å². The van der Waals surface area contributed by atoms with Gasteiger partial charge in [-0.05, 0) is 12.8 Å². The molecule has 1 aromatic carbocycles. The molecule has 2 aliphatic rings. The third-order valence-corrected chi connectivity index (χ3v) is 5.49. The number of quaternary nitrogens is 2. The number of piperidine rings is 2. The lowest BCUT2D eigenvalue weighted by Gasteiger charge is -2.38. The summed E-state index contributed by atoms with van der Waals surface area (Å²) in [5.74, 6) is 0.559. The fourth-order valence-electron chi connectivity index (χ4n) is 4.21. The minimum absolute atomic E-state index is 0.390. The van der Waals surface area contributed by atoms with E-state index in [4.69, 9.17) is 0 Å². The first-order valence-electron chi connectivity index (χ1n) is 8.68. The van der Waals surface area contributed by atoms with Gasteiger partial charge in [-0.3, -0.25) is 0 Å². The monoisotopic (exact) mass is 290 g/mol. The first-order chi connectivity index (χ1) is 10.3. The second kappa shape index (κ2) is 7.39. The van der Waals surface area contributed by atoms with Crippen molar-refractivity contribution in [3.63, 3.8) is 0 Å². The number of hydrogen-bond donors (Lipinski definition) is 3. The summed E-state index contributed by atoms with van der Waals surface area (Å²) in [4.78, 5) is 3.52. The van der Waals surface area contributed by atoms with Crippen LogP contribution in [-0.4, -0.2) is 43.9 Å². The topological polar surface area (TPSA) is 29.1 Å². The van der Waals surface area contributed by atoms with Crippen molar-refractivity contribution in [1.29, 1.82) is 0 Å². The van der Waals surface area contributed by atoms with Crippen molar-refractivity contribution >= 4 is 0 Å². The van der Waals surface area contributed by atoms with Gasteiger partial charge in [-0.2, -0.15) is 0 Å². The maximum Gasteiger partial charge on any atom is 0.103 e. The number of hydrogen-bond acceptors (Lipinski definition) is 1. The Morgan fingerprint density at radius 3 is 2.48 bits per heavy atom. The van der Waals surface area contributed by atoms with Gasteiger partial charge in [0.15, 0.2) is 0 Å². The third-order valence-electron chi connectivity index (χ3n) is 5.49. The average Bonchev–Trinajstić information content (AvgIpc) is 2.56. The van der Waals surface area contributed by atoms with E-state index in [9.17, 15) is 5.11 Å². The first kappa shape index (κ1) is 15.0. The van der Waals surface area contributed by atoms with E-state index in [1.165, 1.54) is 64.0 Å². The molecule has 0 amide bonds. The molecule has 0 spiro atoms. The van der Waals surface area contributed by atoms with Crippen LogP contribution in [0.2, 0.25) is 0 Å². The summed E-state index contributed by atoms with van der Waals surface area (Å²) in [6.45, 7) is 6.73. The summed E-state index contributed by atoms with van der Waals surface area (Å²) >= 11 is 0. The summed E-state index contributed by atoms with van der Waals surface area (Å²) in [6, 6.07) is 11.7. The zero-order valence-corrected chi connectivity index (χ0v) is 13.1. The Balaban J connectivity index is 1.46. The van der Waals surface area contributed by atoms with Crippen LogP contribution >= 0.6 is 0 Å². The van der Waals surface area contributed by atoms with Crippen molar-refractivity contribution in [1.82, 2.24) is 0 Å². The van der Waals surface area contributed by atoms with Gasteiger partial charge >= 0.3 is 0 Å². The second-order valence-corrected chi connectivity index (χ2v) is 6.99. The molecule has 0 saturated carbocycles. The van der Waals surface area contributed by atoms with Gasteiger partial charge < -0.3 is 14.9 Å². The summed E-state index contributed by atoms with van der Waals surface area (Å²) in [5.41, 5.74) is 1.47. The molecular weight excluding hydrogens is 260 g/mol. The van der Waals surface area contributed by atoms with Crippen LogP contribution in [0.5, 0.6) is 0 Å². The number of rotatable bonds is 4. The van der Waals surface area contributed by atoms with Gasteiger partial charge in [0.1, 0.15) is 6.54 Å². The molecule has 1 aromatic rings. The number of nitrogens with one attached hydrogen (secondary N) is 2. The molecular formula is C18H30N2O+2. The van der Waals surface area contributed by atoms with E-state index in [1.807, 2.05) is 0 Å². The van der Waals surface area contributed by atoms with Crippen LogP contribution in [0, 0.1) is 5.92 Å². The number of aliphatic hydroxyl groups excluding tert-OH is 1. The lowest BCUT2D eigenvalue weighted by Crippen LogP contribution is -3.21. The third kappa shape index (κ3) is 4.06. The van der Waals surface area contributed by atoms with Crippen LogP contribution in [0.4, 0.5) is 0 Å². The lowest BCUT2D eigenvalue weighted by molar-refractivity contribution is -0.967. The van der Waals surface area contributed by atoms with Crippen LogP contribution < -0.4 is 9.80 Å². The van der Waals surface area contributed by atoms with Gasteiger partial charge in [0.25, 0.3) is 0 Å². The van der Waals surface area contributed by atoms with E-state index in [-0.39, 0.29) is 0 Å². The molecule has 2 heterocycles. The molecule has 2 saturated heterocycles. The Morgan fingerprint density at radius 2 is 1.76 bits per heavy atom. The summed E-state index contributed by atoms with van der Waals surface area (Å²) < 4.78 is 0. The fraction of sp³-hybridized carbons (Fsp3) is 0.667. The smallest absolute Gasteiger partial charge is 0.103 e. The largest absolute Gasteiger partial charge is 0.396 e. The Kier molecular flexibility index (Phi) is 5.28. The molecule has 0 radical (unpaired) electrons. The van der Waals surface area contributed by atoms with Crippen LogP contribution in [0.25, 0.3) is 0 Å². The molecule has 2 aliphatic heterocycles.